The first-order valence-electron chi connectivity index (χ1n) is 8.32. The molecular weight excluding hydrogens is 295 g/mol. The number of hydrogen-bond donors (Lipinski definition) is 0. The van der Waals surface area contributed by atoms with Gasteiger partial charge in [0.2, 0.25) is 0 Å². The molecule has 1 aromatic rings. The van der Waals surface area contributed by atoms with Crippen LogP contribution in [0, 0.1) is 11.7 Å². The molecule has 0 spiro atoms. The highest BCUT2D eigenvalue weighted by Crippen LogP contribution is 2.29. The van der Waals surface area contributed by atoms with E-state index in [0.717, 1.165) is 6.42 Å². The number of benzene rings is 1. The average molecular weight is 322 g/mol. The first kappa shape index (κ1) is 17.9. The Bertz CT molecular complexity index is 498. The van der Waals surface area contributed by atoms with Crippen LogP contribution in [0.15, 0.2) is 24.3 Å². The summed E-state index contributed by atoms with van der Waals surface area (Å²) in [6.45, 7) is 0. The number of amides is 1. The zero-order valence-electron chi connectivity index (χ0n) is 14.3. The standard InChI is InChI=1S/C18H27FN2O2/c1-20(2)21(16-11-9-15(19)10-12-16)18(22)17(23-3)13-14-7-5-4-6-8-14/h9-12,14,17H,4-8,13H2,1-3H3. The molecule has 0 bridgehead atoms. The number of ether oxygens (including phenoxy) is 1. The van der Waals surface area contributed by atoms with Gasteiger partial charge in [0.25, 0.3) is 5.91 Å². The zero-order chi connectivity index (χ0) is 16.8. The van der Waals surface area contributed by atoms with Crippen LogP contribution < -0.4 is 5.01 Å². The molecule has 5 heteroatoms. The van der Waals surface area contributed by atoms with Crippen molar-refractivity contribution < 1.29 is 13.9 Å². The van der Waals surface area contributed by atoms with E-state index in [2.05, 4.69) is 0 Å². The number of carbonyl (C=O) groups excluding carboxylic acids is 1. The largest absolute Gasteiger partial charge is 0.372 e. The van der Waals surface area contributed by atoms with E-state index in [1.165, 1.54) is 44.2 Å². The van der Waals surface area contributed by atoms with E-state index in [0.29, 0.717) is 11.6 Å². The highest BCUT2D eigenvalue weighted by Gasteiger charge is 2.30. The van der Waals surface area contributed by atoms with E-state index in [1.807, 2.05) is 0 Å². The normalized spacial score (nSPS) is 17.3. The summed E-state index contributed by atoms with van der Waals surface area (Å²) in [5.41, 5.74) is 0.645. The summed E-state index contributed by atoms with van der Waals surface area (Å²) >= 11 is 0. The fourth-order valence-corrected chi connectivity index (χ4v) is 3.30. The van der Waals surface area contributed by atoms with Crippen molar-refractivity contribution in [3.63, 3.8) is 0 Å². The first-order chi connectivity index (χ1) is 11.0. The highest BCUT2D eigenvalue weighted by molar-refractivity contribution is 5.95. The van der Waals surface area contributed by atoms with Crippen molar-refractivity contribution in [3.8, 4) is 0 Å². The molecule has 1 unspecified atom stereocenters. The third-order valence-corrected chi connectivity index (χ3v) is 4.51. The summed E-state index contributed by atoms with van der Waals surface area (Å²) in [6.07, 6.45) is 6.40. The van der Waals surface area contributed by atoms with E-state index in [-0.39, 0.29) is 11.7 Å². The Hall–Kier alpha value is -1.46. The SMILES string of the molecule is COC(CC1CCCCC1)C(=O)N(c1ccc(F)cc1)N(C)C. The molecule has 0 saturated heterocycles. The molecule has 2 rings (SSSR count). The lowest BCUT2D eigenvalue weighted by atomic mass is 9.85. The summed E-state index contributed by atoms with van der Waals surface area (Å²) < 4.78 is 18.6. The Morgan fingerprint density at radius 2 is 1.83 bits per heavy atom. The first-order valence-corrected chi connectivity index (χ1v) is 8.32. The number of hydrogen-bond acceptors (Lipinski definition) is 3. The molecule has 1 amide bonds. The maximum absolute atomic E-state index is 13.1. The van der Waals surface area contributed by atoms with Crippen LogP contribution in [0.3, 0.4) is 0 Å². The third kappa shape index (κ3) is 4.75. The summed E-state index contributed by atoms with van der Waals surface area (Å²) in [5, 5.41) is 3.26. The van der Waals surface area contributed by atoms with Gasteiger partial charge < -0.3 is 4.74 Å². The summed E-state index contributed by atoms with van der Waals surface area (Å²) in [5.74, 6) is 0.134. The van der Waals surface area contributed by atoms with Crippen molar-refractivity contribution in [3.05, 3.63) is 30.1 Å². The van der Waals surface area contributed by atoms with Crippen molar-refractivity contribution in [2.24, 2.45) is 5.92 Å². The molecule has 1 fully saturated rings. The number of methoxy groups -OCH3 is 1. The van der Waals surface area contributed by atoms with Gasteiger partial charge in [-0.25, -0.2) is 14.4 Å². The minimum atomic E-state index is -0.467. The molecule has 23 heavy (non-hydrogen) atoms. The van der Waals surface area contributed by atoms with Gasteiger partial charge in [-0.15, -0.1) is 0 Å². The predicted octanol–water partition coefficient (Wildman–Crippen LogP) is 3.62. The number of halogens is 1. The fraction of sp³-hybridized carbons (Fsp3) is 0.611. The number of anilines is 1. The van der Waals surface area contributed by atoms with Crippen LogP contribution in [0.1, 0.15) is 38.5 Å². The van der Waals surface area contributed by atoms with Crippen LogP contribution in [0.5, 0.6) is 0 Å². The molecule has 0 aliphatic heterocycles. The topological polar surface area (TPSA) is 32.8 Å². The highest BCUT2D eigenvalue weighted by atomic mass is 19.1. The molecule has 0 heterocycles. The smallest absolute Gasteiger partial charge is 0.270 e. The van der Waals surface area contributed by atoms with E-state index < -0.39 is 6.10 Å². The molecular formula is C18H27FN2O2. The lowest BCUT2D eigenvalue weighted by Crippen LogP contribution is -2.48. The maximum atomic E-state index is 13.1. The minimum absolute atomic E-state index is 0.102. The Labute approximate surface area is 138 Å². The molecule has 128 valence electrons. The second kappa shape index (κ2) is 8.41. The van der Waals surface area contributed by atoms with Crippen LogP contribution in [0.25, 0.3) is 0 Å². The van der Waals surface area contributed by atoms with Crippen molar-refractivity contribution in [1.29, 1.82) is 0 Å². The molecule has 0 radical (unpaired) electrons. The molecule has 1 aliphatic carbocycles. The quantitative estimate of drug-likeness (QED) is 0.750. The Balaban J connectivity index is 2.12. The number of carbonyl (C=O) groups is 1. The van der Waals surface area contributed by atoms with Gasteiger partial charge in [-0.2, -0.15) is 0 Å². The Kier molecular flexibility index (Phi) is 6.54. The number of hydrazine groups is 1. The van der Waals surface area contributed by atoms with Gasteiger partial charge in [0.15, 0.2) is 0 Å². The van der Waals surface area contributed by atoms with Gasteiger partial charge in [-0.1, -0.05) is 32.1 Å². The van der Waals surface area contributed by atoms with Crippen molar-refractivity contribution in [1.82, 2.24) is 5.01 Å². The van der Waals surface area contributed by atoms with Crippen molar-refractivity contribution in [2.45, 2.75) is 44.6 Å². The van der Waals surface area contributed by atoms with E-state index in [1.54, 1.807) is 43.4 Å². The molecule has 1 aromatic carbocycles. The summed E-state index contributed by atoms with van der Waals surface area (Å²) in [6, 6.07) is 5.95. The van der Waals surface area contributed by atoms with Crippen molar-refractivity contribution in [2.75, 3.05) is 26.2 Å². The summed E-state index contributed by atoms with van der Waals surface area (Å²) in [7, 11) is 5.19. The van der Waals surface area contributed by atoms with Crippen molar-refractivity contribution >= 4 is 11.6 Å². The molecule has 4 nitrogen and oxygen atoms in total. The van der Waals surface area contributed by atoms with E-state index in [9.17, 15) is 9.18 Å². The van der Waals surface area contributed by atoms with Gasteiger partial charge in [0.05, 0.1) is 5.69 Å². The maximum Gasteiger partial charge on any atom is 0.270 e. The monoisotopic (exact) mass is 322 g/mol. The van der Waals surface area contributed by atoms with Gasteiger partial charge in [-0.05, 0) is 36.6 Å². The minimum Gasteiger partial charge on any atom is -0.372 e. The van der Waals surface area contributed by atoms with Crippen LogP contribution >= 0.6 is 0 Å². The molecule has 0 N–H and O–H groups in total. The third-order valence-electron chi connectivity index (χ3n) is 4.51. The van der Waals surface area contributed by atoms with Gasteiger partial charge in [0.1, 0.15) is 11.9 Å². The van der Waals surface area contributed by atoms with E-state index in [4.69, 9.17) is 4.74 Å². The molecule has 1 aliphatic rings. The molecule has 0 aromatic heterocycles. The van der Waals surface area contributed by atoms with Crippen LogP contribution in [-0.4, -0.2) is 38.2 Å². The zero-order valence-corrected chi connectivity index (χ0v) is 14.3. The molecule has 1 atom stereocenters. The summed E-state index contributed by atoms with van der Waals surface area (Å²) in [4.78, 5) is 12.9. The number of nitrogens with zero attached hydrogens (tertiary/aromatic N) is 2. The lowest BCUT2D eigenvalue weighted by Gasteiger charge is -2.33. The van der Waals surface area contributed by atoms with Crippen LogP contribution in [0.4, 0.5) is 10.1 Å². The van der Waals surface area contributed by atoms with Crippen LogP contribution in [0.2, 0.25) is 0 Å². The Morgan fingerprint density at radius 3 is 2.35 bits per heavy atom. The van der Waals surface area contributed by atoms with Gasteiger partial charge >= 0.3 is 0 Å². The second-order valence-corrected chi connectivity index (χ2v) is 6.44. The lowest BCUT2D eigenvalue weighted by molar-refractivity contribution is -0.132. The fourth-order valence-electron chi connectivity index (χ4n) is 3.30. The number of rotatable bonds is 6. The van der Waals surface area contributed by atoms with Gasteiger partial charge in [0, 0.05) is 21.2 Å². The second-order valence-electron chi connectivity index (χ2n) is 6.44. The Morgan fingerprint density at radius 1 is 1.22 bits per heavy atom. The van der Waals surface area contributed by atoms with Gasteiger partial charge in [-0.3, -0.25) is 4.79 Å². The molecule has 1 saturated carbocycles. The van der Waals surface area contributed by atoms with Crippen LogP contribution in [-0.2, 0) is 9.53 Å². The predicted molar refractivity (Wildman–Crippen MR) is 89.6 cm³/mol. The average Bonchev–Trinajstić information content (AvgIpc) is 2.55. The van der Waals surface area contributed by atoms with E-state index >= 15 is 0 Å².